The lowest BCUT2D eigenvalue weighted by Gasteiger charge is -2.13. The summed E-state index contributed by atoms with van der Waals surface area (Å²) in [6, 6.07) is 12.2. The Bertz CT molecular complexity index is 1580. The molecule has 0 aromatic heterocycles. The lowest BCUT2D eigenvalue weighted by molar-refractivity contribution is -0.119. The van der Waals surface area contributed by atoms with Gasteiger partial charge in [-0.2, -0.15) is 5.26 Å². The number of carbonyl (C=O) groups excluding carboxylic acids is 2. The Morgan fingerprint density at radius 3 is 2.44 bits per heavy atom. The molecule has 3 aromatic carbocycles. The highest BCUT2D eigenvalue weighted by molar-refractivity contribution is 7.90. The number of anilines is 1. The van der Waals surface area contributed by atoms with E-state index in [1.54, 1.807) is 0 Å². The molecule has 3 aromatic rings. The molecule has 0 spiro atoms. The number of amides is 2. The molecule has 0 radical (unpaired) electrons. The van der Waals surface area contributed by atoms with Crippen LogP contribution < -0.4 is 14.8 Å². The van der Waals surface area contributed by atoms with Gasteiger partial charge in [-0.25, -0.2) is 17.5 Å². The summed E-state index contributed by atoms with van der Waals surface area (Å²) in [5.74, 6) is -2.49. The minimum Gasteiger partial charge on any atom is -0.453 e. The molecule has 13 heteroatoms. The van der Waals surface area contributed by atoms with Gasteiger partial charge in [0.25, 0.3) is 10.0 Å². The van der Waals surface area contributed by atoms with Crippen LogP contribution in [0.1, 0.15) is 37.3 Å². The molecule has 8 nitrogen and oxygen atoms in total. The number of halogens is 4. The van der Waals surface area contributed by atoms with E-state index in [1.165, 1.54) is 42.5 Å². The molecule has 0 saturated heterocycles. The second kappa shape index (κ2) is 13.1. The van der Waals surface area contributed by atoms with Crippen molar-refractivity contribution in [1.82, 2.24) is 4.72 Å². The zero-order valence-electron chi connectivity index (χ0n) is 20.4. The molecule has 0 aliphatic carbocycles. The van der Waals surface area contributed by atoms with E-state index in [1.807, 2.05) is 17.7 Å². The summed E-state index contributed by atoms with van der Waals surface area (Å²) in [6.45, 7) is 1.87. The van der Waals surface area contributed by atoms with Crippen LogP contribution in [0.4, 0.5) is 10.1 Å². The van der Waals surface area contributed by atoms with Crippen molar-refractivity contribution in [3.8, 4) is 17.6 Å². The first-order valence-electron chi connectivity index (χ1n) is 11.4. The van der Waals surface area contributed by atoms with E-state index in [4.69, 9.17) is 44.8 Å². The number of rotatable bonds is 10. The van der Waals surface area contributed by atoms with Gasteiger partial charge in [0, 0.05) is 17.0 Å². The summed E-state index contributed by atoms with van der Waals surface area (Å²) >= 11 is 18.2. The summed E-state index contributed by atoms with van der Waals surface area (Å²) < 4.78 is 47.6. The number of ether oxygens (including phenoxy) is 1. The van der Waals surface area contributed by atoms with E-state index in [2.05, 4.69) is 5.32 Å². The highest BCUT2D eigenvalue weighted by Gasteiger charge is 2.21. The topological polar surface area (TPSA) is 125 Å². The summed E-state index contributed by atoms with van der Waals surface area (Å²) in [4.78, 5) is 24.2. The third kappa shape index (κ3) is 8.07. The Balaban J connectivity index is 1.74. The molecule has 2 amide bonds. The fraction of sp³-hybridized carbons (Fsp3) is 0.192. The van der Waals surface area contributed by atoms with Crippen molar-refractivity contribution in [2.75, 3.05) is 5.32 Å². The van der Waals surface area contributed by atoms with E-state index in [9.17, 15) is 18.0 Å². The van der Waals surface area contributed by atoms with E-state index < -0.39 is 34.1 Å². The largest absolute Gasteiger partial charge is 0.453 e. The molecular formula is C26H21Cl3FN3O5S. The van der Waals surface area contributed by atoms with Gasteiger partial charge in [0.05, 0.1) is 38.7 Å². The molecule has 0 aliphatic heterocycles. The smallest absolute Gasteiger partial charge is 0.264 e. The maximum Gasteiger partial charge on any atom is 0.264 e. The van der Waals surface area contributed by atoms with Crippen LogP contribution in [-0.4, -0.2) is 20.2 Å². The monoisotopic (exact) mass is 611 g/mol. The molecule has 0 fully saturated rings. The lowest BCUT2D eigenvalue weighted by Crippen LogP contribution is -2.30. The number of nitriles is 1. The van der Waals surface area contributed by atoms with E-state index >= 15 is 4.39 Å². The Hall–Kier alpha value is -3.36. The molecule has 3 rings (SSSR count). The van der Waals surface area contributed by atoms with Crippen LogP contribution >= 0.6 is 34.8 Å². The number of benzene rings is 3. The van der Waals surface area contributed by atoms with Gasteiger partial charge >= 0.3 is 0 Å². The normalized spacial score (nSPS) is 11.0. The summed E-state index contributed by atoms with van der Waals surface area (Å²) in [7, 11) is -4.15. The third-order valence-electron chi connectivity index (χ3n) is 5.23. The Labute approximate surface area is 239 Å². The average Bonchev–Trinajstić information content (AvgIpc) is 2.87. The zero-order chi connectivity index (χ0) is 28.7. The number of sulfonamides is 1. The van der Waals surface area contributed by atoms with Crippen molar-refractivity contribution >= 4 is 62.3 Å². The molecular weight excluding hydrogens is 592 g/mol. The third-order valence-corrected chi connectivity index (χ3v) is 7.43. The molecule has 0 atom stereocenters. The number of nitrogens with one attached hydrogen (secondary N) is 2. The second-order valence-corrected chi connectivity index (χ2v) is 11.2. The SMILES string of the molecule is CCCCC(=O)NS(=O)(=O)c1ccc(NC(=O)Cc2ccc(Cl)c(Oc3cc(Cl)cc(C#N)c3)c2F)c(Cl)c1. The second-order valence-electron chi connectivity index (χ2n) is 8.24. The van der Waals surface area contributed by atoms with Gasteiger partial charge in [0.15, 0.2) is 11.6 Å². The maximum absolute atomic E-state index is 15.2. The van der Waals surface area contributed by atoms with Gasteiger partial charge in [-0.3, -0.25) is 9.59 Å². The Morgan fingerprint density at radius 1 is 1.03 bits per heavy atom. The fourth-order valence-electron chi connectivity index (χ4n) is 3.34. The quantitative estimate of drug-likeness (QED) is 0.265. The number of hydrogen-bond acceptors (Lipinski definition) is 6. The van der Waals surface area contributed by atoms with Crippen LogP contribution in [-0.2, 0) is 26.0 Å². The highest BCUT2D eigenvalue weighted by atomic mass is 35.5. The van der Waals surface area contributed by atoms with Crippen molar-refractivity contribution in [1.29, 1.82) is 5.26 Å². The molecule has 204 valence electrons. The van der Waals surface area contributed by atoms with E-state index in [-0.39, 0.29) is 54.7 Å². The Morgan fingerprint density at radius 2 is 1.77 bits per heavy atom. The van der Waals surface area contributed by atoms with Crippen LogP contribution in [0.3, 0.4) is 0 Å². The standard InChI is InChI=1S/C26H21Cl3FN3O5S/c1-2-3-4-23(34)33-39(36,37)19-6-8-22(21(29)13-19)32-24(35)11-16-5-7-20(28)26(25(16)30)38-18-10-15(14-31)9-17(27)12-18/h5-10,12-13H,2-4,11H2,1H3,(H,32,35)(H,33,34). The van der Waals surface area contributed by atoms with Crippen molar-refractivity contribution in [3.63, 3.8) is 0 Å². The van der Waals surface area contributed by atoms with Gasteiger partial charge < -0.3 is 10.1 Å². The predicted molar refractivity (Wildman–Crippen MR) is 146 cm³/mol. The van der Waals surface area contributed by atoms with Gasteiger partial charge in [-0.1, -0.05) is 54.2 Å². The van der Waals surface area contributed by atoms with Crippen LogP contribution in [0.5, 0.6) is 11.5 Å². The number of unbranched alkanes of at least 4 members (excludes halogenated alkanes) is 1. The first-order chi connectivity index (χ1) is 18.4. The molecule has 39 heavy (non-hydrogen) atoms. The van der Waals surface area contributed by atoms with Gasteiger partial charge in [-0.15, -0.1) is 0 Å². The molecule has 0 aliphatic rings. The van der Waals surface area contributed by atoms with Crippen molar-refractivity contribution < 1.29 is 27.1 Å². The molecule has 0 bridgehead atoms. The number of carbonyl (C=O) groups is 2. The van der Waals surface area contributed by atoms with Crippen LogP contribution in [0.2, 0.25) is 15.1 Å². The predicted octanol–water partition coefficient (Wildman–Crippen LogP) is 6.63. The van der Waals surface area contributed by atoms with Crippen LogP contribution in [0.25, 0.3) is 0 Å². The first-order valence-corrected chi connectivity index (χ1v) is 14.1. The minimum atomic E-state index is -4.15. The van der Waals surface area contributed by atoms with Crippen molar-refractivity contribution in [2.24, 2.45) is 0 Å². The average molecular weight is 613 g/mol. The first kappa shape index (κ1) is 30.2. The number of nitrogens with zero attached hydrogens (tertiary/aromatic N) is 1. The van der Waals surface area contributed by atoms with Crippen molar-refractivity contribution in [3.05, 3.63) is 80.5 Å². The van der Waals surface area contributed by atoms with E-state index in [0.29, 0.717) is 6.42 Å². The summed E-state index contributed by atoms with van der Waals surface area (Å²) in [6.07, 6.45) is 0.887. The molecule has 0 unspecified atom stereocenters. The van der Waals surface area contributed by atoms with Crippen LogP contribution in [0.15, 0.2) is 53.4 Å². The van der Waals surface area contributed by atoms with Gasteiger partial charge in [0.2, 0.25) is 11.8 Å². The summed E-state index contributed by atoms with van der Waals surface area (Å²) in [5.41, 5.74) is 0.213. The maximum atomic E-state index is 15.2. The number of hydrogen-bond donors (Lipinski definition) is 2. The molecule has 0 heterocycles. The van der Waals surface area contributed by atoms with Crippen LogP contribution in [0, 0.1) is 17.1 Å². The lowest BCUT2D eigenvalue weighted by atomic mass is 10.1. The highest BCUT2D eigenvalue weighted by Crippen LogP contribution is 2.35. The van der Waals surface area contributed by atoms with E-state index in [0.717, 1.165) is 12.5 Å². The molecule has 0 saturated carbocycles. The minimum absolute atomic E-state index is 0.0560. The van der Waals surface area contributed by atoms with Gasteiger partial charge in [-0.05, 0) is 48.9 Å². The molecule has 2 N–H and O–H groups in total. The zero-order valence-corrected chi connectivity index (χ0v) is 23.4. The van der Waals surface area contributed by atoms with Crippen molar-refractivity contribution in [2.45, 2.75) is 37.5 Å². The summed E-state index contributed by atoms with van der Waals surface area (Å²) in [5, 5.41) is 11.6. The van der Waals surface area contributed by atoms with Gasteiger partial charge in [0.1, 0.15) is 5.75 Å². The fourth-order valence-corrected chi connectivity index (χ4v) is 5.08. The Kier molecular flexibility index (Phi) is 10.2.